The molecule has 0 radical (unpaired) electrons. The molecule has 4 nitrogen and oxygen atoms in total. The number of nitrogens with zero attached hydrogens (tertiary/aromatic N) is 2. The lowest BCUT2D eigenvalue weighted by molar-refractivity contribution is 0.529. The number of thiazole rings is 1. The molecule has 0 spiro atoms. The topological polar surface area (TPSA) is 50.3 Å². The van der Waals surface area contributed by atoms with Gasteiger partial charge in [0.15, 0.2) is 15.0 Å². The van der Waals surface area contributed by atoms with Crippen molar-refractivity contribution < 1.29 is 8.42 Å². The molecule has 8 heteroatoms. The molecule has 4 rings (SSSR count). The van der Waals surface area contributed by atoms with Crippen LogP contribution in [0.3, 0.4) is 0 Å². The van der Waals surface area contributed by atoms with E-state index in [1.807, 2.05) is 30.3 Å². The Hall–Kier alpha value is -1.22. The molecule has 1 fully saturated rings. The largest absolute Gasteiger partial charge is 0.348 e. The van der Waals surface area contributed by atoms with Crippen molar-refractivity contribution >= 4 is 58.2 Å². The quantitative estimate of drug-likeness (QED) is 0.367. The van der Waals surface area contributed by atoms with Crippen LogP contribution in [-0.4, -0.2) is 31.7 Å². The highest BCUT2D eigenvalue weighted by atomic mass is 79.9. The summed E-state index contributed by atoms with van der Waals surface area (Å²) in [4.78, 5) is 7.40. The molecule has 1 saturated heterocycles. The number of hydrogen-bond acceptors (Lipinski definition) is 5. The molecule has 1 aliphatic heterocycles. The molecule has 3 aromatic rings. The zero-order valence-electron chi connectivity index (χ0n) is 15.6. The number of hydrogen-bond donors (Lipinski definition) is 0. The third-order valence-electron chi connectivity index (χ3n) is 5.17. The minimum atomic E-state index is -3.30. The Bertz CT molecular complexity index is 1090. The highest BCUT2D eigenvalue weighted by Gasteiger charge is 2.32. The van der Waals surface area contributed by atoms with Gasteiger partial charge in [0.25, 0.3) is 0 Å². The number of piperidine rings is 1. The van der Waals surface area contributed by atoms with Crippen molar-refractivity contribution in [1.82, 2.24) is 4.98 Å². The third-order valence-corrected chi connectivity index (χ3v) is 9.49. The lowest BCUT2D eigenvalue weighted by Crippen LogP contribution is -2.39. The summed E-state index contributed by atoms with van der Waals surface area (Å²) in [5.74, 6) is 0. The minimum Gasteiger partial charge on any atom is -0.348 e. The maximum absolute atomic E-state index is 13.0. The van der Waals surface area contributed by atoms with Crippen LogP contribution in [0.25, 0.3) is 11.3 Å². The Morgan fingerprint density at radius 3 is 2.48 bits per heavy atom. The summed E-state index contributed by atoms with van der Waals surface area (Å²) in [5.41, 5.74) is 3.10. The smallest absolute Gasteiger partial charge is 0.185 e. The van der Waals surface area contributed by atoms with Crippen LogP contribution in [0.15, 0.2) is 63.3 Å². The Morgan fingerprint density at radius 1 is 1.10 bits per heavy atom. The summed E-state index contributed by atoms with van der Waals surface area (Å²) in [7, 11) is -3.30. The average Bonchev–Trinajstić information content (AvgIpc) is 3.24. The highest BCUT2D eigenvalue weighted by Crippen LogP contribution is 2.32. The van der Waals surface area contributed by atoms with Crippen molar-refractivity contribution in [3.05, 3.63) is 63.9 Å². The van der Waals surface area contributed by atoms with Crippen LogP contribution in [0.5, 0.6) is 0 Å². The summed E-state index contributed by atoms with van der Waals surface area (Å²) in [6.45, 7) is 1.41. The molecule has 1 aliphatic rings. The molecule has 2 heterocycles. The molecular weight excluding hydrogens is 536 g/mol. The number of rotatable bonds is 5. The van der Waals surface area contributed by atoms with Gasteiger partial charge < -0.3 is 4.90 Å². The zero-order valence-corrected chi connectivity index (χ0v) is 20.4. The van der Waals surface area contributed by atoms with Crippen LogP contribution in [-0.2, 0) is 15.2 Å². The zero-order chi connectivity index (χ0) is 20.4. The molecular formula is C21H20Br2N2O2S2. The van der Waals surface area contributed by atoms with Gasteiger partial charge in [0.2, 0.25) is 0 Å². The number of benzene rings is 2. The van der Waals surface area contributed by atoms with Crippen molar-refractivity contribution in [3.8, 4) is 11.3 Å². The van der Waals surface area contributed by atoms with Gasteiger partial charge in [-0.15, -0.1) is 11.3 Å². The molecule has 152 valence electrons. The van der Waals surface area contributed by atoms with Gasteiger partial charge in [-0.3, -0.25) is 0 Å². The van der Waals surface area contributed by atoms with Gasteiger partial charge in [-0.1, -0.05) is 56.1 Å². The highest BCUT2D eigenvalue weighted by molar-refractivity contribution is 9.10. The van der Waals surface area contributed by atoms with Crippen molar-refractivity contribution in [2.45, 2.75) is 28.3 Å². The fraction of sp³-hybridized carbons (Fsp3) is 0.286. The van der Waals surface area contributed by atoms with Crippen molar-refractivity contribution in [2.75, 3.05) is 18.0 Å². The van der Waals surface area contributed by atoms with Crippen LogP contribution in [0.4, 0.5) is 5.13 Å². The standard InChI is InChI=1S/C21H20Br2N2O2S2/c22-13-15-4-6-18(7-5-15)29(26,27)19-8-10-25(11-9-19)21-24-20(14-28-21)16-2-1-3-17(23)12-16/h1-7,12,14,19H,8-11,13H2. The molecule has 0 amide bonds. The molecule has 0 N–H and O–H groups in total. The summed E-state index contributed by atoms with van der Waals surface area (Å²) in [6.07, 6.45) is 1.24. The SMILES string of the molecule is O=S(=O)(c1ccc(CBr)cc1)C1CCN(c2nc(-c3cccc(Br)c3)cs2)CC1. The van der Waals surface area contributed by atoms with E-state index in [9.17, 15) is 8.42 Å². The maximum Gasteiger partial charge on any atom is 0.185 e. The predicted octanol–water partition coefficient (Wildman–Crippen LogP) is 5.91. The first-order valence-electron chi connectivity index (χ1n) is 9.32. The number of sulfone groups is 1. The van der Waals surface area contributed by atoms with E-state index in [4.69, 9.17) is 4.98 Å². The van der Waals surface area contributed by atoms with Gasteiger partial charge in [0.1, 0.15) is 0 Å². The predicted molar refractivity (Wildman–Crippen MR) is 127 cm³/mol. The van der Waals surface area contributed by atoms with Crippen LogP contribution in [0.2, 0.25) is 0 Å². The molecule has 1 aromatic heterocycles. The number of alkyl halides is 1. The van der Waals surface area contributed by atoms with Crippen LogP contribution in [0.1, 0.15) is 18.4 Å². The fourth-order valence-electron chi connectivity index (χ4n) is 3.51. The van der Waals surface area contributed by atoms with E-state index in [2.05, 4.69) is 48.2 Å². The van der Waals surface area contributed by atoms with E-state index in [0.29, 0.717) is 30.8 Å². The Balaban J connectivity index is 1.44. The monoisotopic (exact) mass is 554 g/mol. The number of halogens is 2. The Labute approximate surface area is 192 Å². The minimum absolute atomic E-state index is 0.335. The Kier molecular flexibility index (Phi) is 6.44. The first kappa shape index (κ1) is 21.0. The fourth-order valence-corrected chi connectivity index (χ4v) is 6.90. The normalized spacial score (nSPS) is 15.6. The summed E-state index contributed by atoms with van der Waals surface area (Å²) < 4.78 is 27.0. The molecule has 2 aromatic carbocycles. The van der Waals surface area contributed by atoms with Crippen LogP contribution in [0, 0.1) is 0 Å². The van der Waals surface area contributed by atoms with E-state index < -0.39 is 9.84 Å². The molecule has 0 aliphatic carbocycles. The summed E-state index contributed by atoms with van der Waals surface area (Å²) >= 11 is 8.51. The average molecular weight is 556 g/mol. The van der Waals surface area contributed by atoms with Crippen molar-refractivity contribution in [2.24, 2.45) is 0 Å². The molecule has 0 unspecified atom stereocenters. The second-order valence-electron chi connectivity index (χ2n) is 7.03. The van der Waals surface area contributed by atoms with E-state index in [1.165, 1.54) is 0 Å². The lowest BCUT2D eigenvalue weighted by atomic mass is 10.1. The van der Waals surface area contributed by atoms with E-state index in [1.54, 1.807) is 23.5 Å². The second kappa shape index (κ2) is 8.88. The van der Waals surface area contributed by atoms with Gasteiger partial charge in [0.05, 0.1) is 15.8 Å². The summed E-state index contributed by atoms with van der Waals surface area (Å²) in [5, 5.41) is 3.41. The van der Waals surface area contributed by atoms with Crippen molar-refractivity contribution in [3.63, 3.8) is 0 Å². The molecule has 0 bridgehead atoms. The van der Waals surface area contributed by atoms with E-state index >= 15 is 0 Å². The van der Waals surface area contributed by atoms with Gasteiger partial charge in [-0.25, -0.2) is 13.4 Å². The molecule has 29 heavy (non-hydrogen) atoms. The van der Waals surface area contributed by atoms with E-state index in [0.717, 1.165) is 31.8 Å². The van der Waals surface area contributed by atoms with Crippen molar-refractivity contribution in [1.29, 1.82) is 0 Å². The summed E-state index contributed by atoms with van der Waals surface area (Å²) in [6, 6.07) is 15.3. The second-order valence-corrected chi connectivity index (χ2v) is 11.6. The first-order chi connectivity index (χ1) is 14.0. The van der Waals surface area contributed by atoms with Crippen LogP contribution < -0.4 is 4.90 Å². The Morgan fingerprint density at radius 2 is 1.83 bits per heavy atom. The van der Waals surface area contributed by atoms with Gasteiger partial charge in [-0.05, 0) is 42.7 Å². The lowest BCUT2D eigenvalue weighted by Gasteiger charge is -2.31. The van der Waals surface area contributed by atoms with Crippen LogP contribution >= 0.6 is 43.2 Å². The number of aromatic nitrogens is 1. The first-order valence-corrected chi connectivity index (χ1v) is 13.7. The van der Waals surface area contributed by atoms with Gasteiger partial charge >= 0.3 is 0 Å². The van der Waals surface area contributed by atoms with E-state index in [-0.39, 0.29) is 5.25 Å². The third kappa shape index (κ3) is 4.60. The maximum atomic E-state index is 13.0. The van der Waals surface area contributed by atoms with Gasteiger partial charge in [0, 0.05) is 33.8 Å². The van der Waals surface area contributed by atoms with Gasteiger partial charge in [-0.2, -0.15) is 0 Å². The number of anilines is 1. The molecule has 0 atom stereocenters. The molecule has 0 saturated carbocycles.